The van der Waals surface area contributed by atoms with Crippen LogP contribution in [0.15, 0.2) is 42.9 Å². The summed E-state index contributed by atoms with van der Waals surface area (Å²) in [5.41, 5.74) is 5.05. The molecule has 4 rings (SSSR count). The molecule has 3 aromatic heterocycles. The highest BCUT2D eigenvalue weighted by Gasteiger charge is 2.20. The summed E-state index contributed by atoms with van der Waals surface area (Å²) >= 11 is 0. The minimum Gasteiger partial charge on any atom is -0.471 e. The predicted molar refractivity (Wildman–Crippen MR) is 90.6 cm³/mol. The first-order chi connectivity index (χ1) is 12.3. The largest absolute Gasteiger partial charge is 0.471 e. The molecule has 25 heavy (non-hydrogen) atoms. The van der Waals surface area contributed by atoms with Crippen LogP contribution >= 0.6 is 0 Å². The molecule has 0 saturated carbocycles. The number of ether oxygens (including phenoxy) is 1. The van der Waals surface area contributed by atoms with E-state index in [1.807, 2.05) is 30.3 Å². The van der Waals surface area contributed by atoms with Gasteiger partial charge in [-0.15, -0.1) is 0 Å². The molecule has 0 atom stereocenters. The van der Waals surface area contributed by atoms with E-state index in [1.165, 1.54) is 5.56 Å². The van der Waals surface area contributed by atoms with Crippen molar-refractivity contribution in [2.45, 2.75) is 25.9 Å². The minimum atomic E-state index is 0.168. The van der Waals surface area contributed by atoms with Gasteiger partial charge in [0.15, 0.2) is 0 Å². The normalized spacial score (nSPS) is 12.4. The second-order valence-corrected chi connectivity index (χ2v) is 5.80. The zero-order valence-corrected chi connectivity index (χ0v) is 13.5. The number of nitrogens with zero attached hydrogens (tertiary/aromatic N) is 5. The fraction of sp³-hybridized carbons (Fsp3) is 0.211. The number of hydrogen-bond donors (Lipinski definition) is 0. The Kier molecular flexibility index (Phi) is 4.05. The van der Waals surface area contributed by atoms with Gasteiger partial charge in [-0.25, -0.2) is 15.0 Å². The Bertz CT molecular complexity index is 933. The Morgan fingerprint density at radius 2 is 2.00 bits per heavy atom. The lowest BCUT2D eigenvalue weighted by Crippen LogP contribution is -2.02. The van der Waals surface area contributed by atoms with Crippen LogP contribution in [0.1, 0.15) is 29.2 Å². The third-order valence-electron chi connectivity index (χ3n) is 4.18. The SMILES string of the molecule is N#Cc1ncc(-c2cc(OCc3ccccn3)nc3c2CCC3)cn1. The average Bonchev–Trinajstić information content (AvgIpc) is 3.15. The molecule has 0 spiro atoms. The van der Waals surface area contributed by atoms with E-state index in [4.69, 9.17) is 10.00 Å². The van der Waals surface area contributed by atoms with Gasteiger partial charge in [-0.05, 0) is 42.5 Å². The molecule has 0 N–H and O–H groups in total. The van der Waals surface area contributed by atoms with Gasteiger partial charge in [0.2, 0.25) is 11.7 Å². The number of fused-ring (bicyclic) bond motifs is 1. The summed E-state index contributed by atoms with van der Waals surface area (Å²) in [5, 5.41) is 8.87. The maximum Gasteiger partial charge on any atom is 0.232 e. The lowest BCUT2D eigenvalue weighted by Gasteiger charge is -2.12. The second-order valence-electron chi connectivity index (χ2n) is 5.80. The quantitative estimate of drug-likeness (QED) is 0.732. The Labute approximate surface area is 145 Å². The molecule has 0 radical (unpaired) electrons. The van der Waals surface area contributed by atoms with Crippen LogP contribution in [0.3, 0.4) is 0 Å². The van der Waals surface area contributed by atoms with E-state index in [2.05, 4.69) is 19.9 Å². The highest BCUT2D eigenvalue weighted by molar-refractivity contribution is 5.68. The Hall–Kier alpha value is -3.33. The number of hydrogen-bond acceptors (Lipinski definition) is 6. The van der Waals surface area contributed by atoms with E-state index >= 15 is 0 Å². The highest BCUT2D eigenvalue weighted by Crippen LogP contribution is 2.33. The van der Waals surface area contributed by atoms with Crippen LogP contribution in [0.5, 0.6) is 5.88 Å². The molecular formula is C19H15N5O. The van der Waals surface area contributed by atoms with Crippen LogP contribution in [-0.2, 0) is 19.4 Å². The van der Waals surface area contributed by atoms with Crippen LogP contribution in [0.25, 0.3) is 11.1 Å². The van der Waals surface area contributed by atoms with Crippen molar-refractivity contribution in [1.29, 1.82) is 5.26 Å². The van der Waals surface area contributed by atoms with E-state index in [1.54, 1.807) is 18.6 Å². The summed E-state index contributed by atoms with van der Waals surface area (Å²) in [6, 6.07) is 9.60. The minimum absolute atomic E-state index is 0.168. The number of aryl methyl sites for hydroxylation is 1. The summed E-state index contributed by atoms with van der Waals surface area (Å²) in [6.45, 7) is 0.371. The number of pyridine rings is 2. The van der Waals surface area contributed by atoms with Crippen LogP contribution < -0.4 is 4.74 Å². The van der Waals surface area contributed by atoms with Crippen molar-refractivity contribution in [2.75, 3.05) is 0 Å². The van der Waals surface area contributed by atoms with Gasteiger partial charge in [0.25, 0.3) is 0 Å². The highest BCUT2D eigenvalue weighted by atomic mass is 16.5. The van der Waals surface area contributed by atoms with Crippen LogP contribution in [0, 0.1) is 11.3 Å². The van der Waals surface area contributed by atoms with Crippen molar-refractivity contribution >= 4 is 0 Å². The first kappa shape index (κ1) is 15.2. The molecule has 1 aliphatic carbocycles. The van der Waals surface area contributed by atoms with E-state index in [9.17, 15) is 0 Å². The third-order valence-corrected chi connectivity index (χ3v) is 4.18. The van der Waals surface area contributed by atoms with Crippen LogP contribution in [0.4, 0.5) is 0 Å². The standard InChI is InChI=1S/C19H15N5O/c20-9-18-22-10-13(11-23-18)16-8-19(24-17-6-3-5-15(16)17)25-12-14-4-1-2-7-21-14/h1-2,4,7-8,10-11H,3,5-6,12H2. The van der Waals surface area contributed by atoms with Crippen molar-refractivity contribution in [3.05, 3.63) is 65.6 Å². The maximum absolute atomic E-state index is 8.87. The molecular weight excluding hydrogens is 314 g/mol. The van der Waals surface area contributed by atoms with Gasteiger partial charge in [-0.2, -0.15) is 5.26 Å². The maximum atomic E-state index is 8.87. The lowest BCUT2D eigenvalue weighted by atomic mass is 10.0. The molecule has 0 bridgehead atoms. The van der Waals surface area contributed by atoms with Gasteiger partial charge < -0.3 is 4.74 Å². The van der Waals surface area contributed by atoms with Gasteiger partial charge in [0, 0.05) is 35.9 Å². The van der Waals surface area contributed by atoms with E-state index < -0.39 is 0 Å². The molecule has 122 valence electrons. The fourth-order valence-electron chi connectivity index (χ4n) is 3.00. The molecule has 0 aliphatic heterocycles. The summed E-state index contributed by atoms with van der Waals surface area (Å²) < 4.78 is 5.86. The number of aromatic nitrogens is 4. The first-order valence-corrected chi connectivity index (χ1v) is 8.11. The molecule has 0 amide bonds. The Morgan fingerprint density at radius 3 is 2.76 bits per heavy atom. The van der Waals surface area contributed by atoms with Crippen molar-refractivity contribution in [3.63, 3.8) is 0 Å². The molecule has 0 fully saturated rings. The van der Waals surface area contributed by atoms with Crippen LogP contribution in [0.2, 0.25) is 0 Å². The summed E-state index contributed by atoms with van der Waals surface area (Å²) in [5.74, 6) is 0.742. The van der Waals surface area contributed by atoms with E-state index in [-0.39, 0.29) is 5.82 Å². The molecule has 6 nitrogen and oxygen atoms in total. The van der Waals surface area contributed by atoms with Gasteiger partial charge in [-0.1, -0.05) is 6.07 Å². The zero-order chi connectivity index (χ0) is 17.1. The average molecular weight is 329 g/mol. The van der Waals surface area contributed by atoms with Gasteiger partial charge in [0.1, 0.15) is 12.7 Å². The van der Waals surface area contributed by atoms with Crippen LogP contribution in [-0.4, -0.2) is 19.9 Å². The Morgan fingerprint density at radius 1 is 1.12 bits per heavy atom. The van der Waals surface area contributed by atoms with Gasteiger partial charge >= 0.3 is 0 Å². The van der Waals surface area contributed by atoms with Crippen molar-refractivity contribution in [3.8, 4) is 23.1 Å². The molecule has 3 aromatic rings. The predicted octanol–water partition coefficient (Wildman–Crippen LogP) is 2.87. The van der Waals surface area contributed by atoms with E-state index in [0.29, 0.717) is 12.5 Å². The summed E-state index contributed by atoms with van der Waals surface area (Å²) in [7, 11) is 0. The second kappa shape index (κ2) is 6.65. The van der Waals surface area contributed by atoms with Crippen molar-refractivity contribution in [1.82, 2.24) is 19.9 Å². The number of rotatable bonds is 4. The molecule has 0 aromatic carbocycles. The topological polar surface area (TPSA) is 84.6 Å². The lowest BCUT2D eigenvalue weighted by molar-refractivity contribution is 0.288. The summed E-state index contributed by atoms with van der Waals surface area (Å²) in [4.78, 5) is 17.1. The number of nitriles is 1. The molecule has 3 heterocycles. The van der Waals surface area contributed by atoms with E-state index in [0.717, 1.165) is 41.8 Å². The monoisotopic (exact) mass is 329 g/mol. The summed E-state index contributed by atoms with van der Waals surface area (Å²) in [6.07, 6.45) is 8.12. The Balaban J connectivity index is 1.66. The molecule has 6 heteroatoms. The fourth-order valence-corrected chi connectivity index (χ4v) is 3.00. The van der Waals surface area contributed by atoms with Crippen molar-refractivity contribution < 1.29 is 4.74 Å². The van der Waals surface area contributed by atoms with Crippen molar-refractivity contribution in [2.24, 2.45) is 0 Å². The first-order valence-electron chi connectivity index (χ1n) is 8.11. The third kappa shape index (κ3) is 3.17. The molecule has 1 aliphatic rings. The molecule has 0 saturated heterocycles. The van der Waals surface area contributed by atoms with Gasteiger partial charge in [-0.3, -0.25) is 4.98 Å². The van der Waals surface area contributed by atoms with Gasteiger partial charge in [0.05, 0.1) is 5.69 Å². The zero-order valence-electron chi connectivity index (χ0n) is 13.5. The molecule has 0 unspecified atom stereocenters. The smallest absolute Gasteiger partial charge is 0.232 e.